The minimum atomic E-state index is -3.89. The summed E-state index contributed by atoms with van der Waals surface area (Å²) in [5, 5.41) is 9.69. The van der Waals surface area contributed by atoms with Gasteiger partial charge in [-0.15, -0.1) is 0 Å². The number of carbonyl (C=O) groups is 4. The number of carbonyl (C=O) groups excluding carboxylic acids is 4. The van der Waals surface area contributed by atoms with Crippen molar-refractivity contribution >= 4 is 39.5 Å². The molecule has 0 spiro atoms. The molecular formula is C41H51N5O8S. The van der Waals surface area contributed by atoms with Crippen molar-refractivity contribution < 1.29 is 37.2 Å². The summed E-state index contributed by atoms with van der Waals surface area (Å²) in [5.41, 5.74) is 2.22. The summed E-state index contributed by atoms with van der Waals surface area (Å²) in [5.74, 6) is -2.25. The van der Waals surface area contributed by atoms with Crippen LogP contribution in [-0.2, 0) is 34.0 Å². The second kappa shape index (κ2) is 15.1. The first-order chi connectivity index (χ1) is 26.2. The molecule has 55 heavy (non-hydrogen) atoms. The van der Waals surface area contributed by atoms with Gasteiger partial charge in [-0.2, -0.15) is 0 Å². The maximum Gasteiger partial charge on any atom is 0.408 e. The van der Waals surface area contributed by atoms with E-state index in [0.29, 0.717) is 25.0 Å². The van der Waals surface area contributed by atoms with Crippen molar-refractivity contribution in [2.75, 3.05) is 6.54 Å². The van der Waals surface area contributed by atoms with E-state index in [0.717, 1.165) is 47.9 Å². The van der Waals surface area contributed by atoms with Gasteiger partial charge >= 0.3 is 6.09 Å². The van der Waals surface area contributed by atoms with E-state index in [1.165, 1.54) is 4.90 Å². The van der Waals surface area contributed by atoms with Gasteiger partial charge in [0.2, 0.25) is 21.8 Å². The predicted octanol–water partition coefficient (Wildman–Crippen LogP) is 4.94. The van der Waals surface area contributed by atoms with Gasteiger partial charge in [-0.25, -0.2) is 13.2 Å². The molecule has 5 atom stereocenters. The Labute approximate surface area is 322 Å². The zero-order valence-corrected chi connectivity index (χ0v) is 32.7. The minimum absolute atomic E-state index is 0.0276. The van der Waals surface area contributed by atoms with Crippen LogP contribution in [0.15, 0.2) is 65.8 Å². The number of likely N-dealkylation sites (tertiary alicyclic amines) is 1. The fraction of sp³-hybridized carbons (Fsp3) is 0.537. The first kappa shape index (κ1) is 38.6. The van der Waals surface area contributed by atoms with Crippen LogP contribution >= 0.6 is 0 Å². The molecule has 13 nitrogen and oxygen atoms in total. The molecule has 0 aromatic heterocycles. The van der Waals surface area contributed by atoms with Crippen molar-refractivity contribution in [3.05, 3.63) is 71.8 Å². The Morgan fingerprint density at radius 3 is 2.15 bits per heavy atom. The molecule has 7 rings (SSSR count). The number of fused-ring (bicyclic) bond motifs is 3. The normalized spacial score (nSPS) is 25.2. The largest absolute Gasteiger partial charge is 0.446 e. The molecule has 1 heterocycles. The van der Waals surface area contributed by atoms with E-state index >= 15 is 0 Å². The molecule has 2 aromatic rings. The summed E-state index contributed by atoms with van der Waals surface area (Å²) in [6.07, 6.45) is 7.21. The molecule has 1 saturated heterocycles. The molecule has 3 saturated carbocycles. The Kier molecular flexibility index (Phi) is 10.6. The van der Waals surface area contributed by atoms with Crippen molar-refractivity contribution in [3.63, 3.8) is 0 Å². The summed E-state index contributed by atoms with van der Waals surface area (Å²) in [6, 6.07) is 13.6. The Morgan fingerprint density at radius 1 is 0.945 bits per heavy atom. The predicted molar refractivity (Wildman–Crippen MR) is 206 cm³/mol. The molecule has 2 aromatic carbocycles. The summed E-state index contributed by atoms with van der Waals surface area (Å²) in [4.78, 5) is 63.5. The Balaban J connectivity index is 1.16. The summed E-state index contributed by atoms with van der Waals surface area (Å²) >= 11 is 0. The summed E-state index contributed by atoms with van der Waals surface area (Å²) in [6.45, 7) is 7.28. The third-order valence-corrected chi connectivity index (χ3v) is 13.3. The number of hydrogen-bond acceptors (Lipinski definition) is 9. The lowest BCUT2D eigenvalue weighted by Gasteiger charge is -2.35. The number of rotatable bonds is 12. The van der Waals surface area contributed by atoms with Crippen molar-refractivity contribution in [1.82, 2.24) is 20.3 Å². The maximum atomic E-state index is 14.6. The minimum Gasteiger partial charge on any atom is -0.446 e. The molecule has 0 bridgehead atoms. The fourth-order valence-electron chi connectivity index (χ4n) is 8.10. The lowest BCUT2D eigenvalue weighted by molar-refractivity contribution is -0.143. The van der Waals surface area contributed by atoms with Crippen molar-refractivity contribution in [3.8, 4) is 11.1 Å². The number of sulfonamides is 1. The number of oxime groups is 1. The highest BCUT2D eigenvalue weighted by Crippen LogP contribution is 2.47. The summed E-state index contributed by atoms with van der Waals surface area (Å²) < 4.78 is 33.6. The Morgan fingerprint density at radius 2 is 1.56 bits per heavy atom. The number of nitrogens with zero attached hydrogens (tertiary/aromatic N) is 2. The van der Waals surface area contributed by atoms with Gasteiger partial charge in [-0.3, -0.25) is 19.1 Å². The second-order valence-electron chi connectivity index (χ2n) is 16.6. The fourth-order valence-corrected chi connectivity index (χ4v) is 9.46. The average Bonchev–Trinajstić information content (AvgIpc) is 3.97. The number of alkyl carbamates (subject to hydrolysis) is 1. The molecule has 294 valence electrons. The smallest absolute Gasteiger partial charge is 0.408 e. The van der Waals surface area contributed by atoms with Gasteiger partial charge in [-0.1, -0.05) is 86.6 Å². The molecule has 0 unspecified atom stereocenters. The lowest BCUT2D eigenvalue weighted by atomic mass is 9.85. The third kappa shape index (κ3) is 8.01. The van der Waals surface area contributed by atoms with E-state index in [1.54, 1.807) is 0 Å². The highest BCUT2D eigenvalue weighted by atomic mass is 32.2. The number of amides is 4. The number of allylic oxidation sites excluding steroid dienone is 2. The highest BCUT2D eigenvalue weighted by Gasteiger charge is 2.62. The number of nitrogens with one attached hydrogen (secondary N) is 3. The highest BCUT2D eigenvalue weighted by molar-refractivity contribution is 7.91. The molecule has 14 heteroatoms. The zero-order chi connectivity index (χ0) is 39.1. The van der Waals surface area contributed by atoms with Crippen LogP contribution in [-0.4, -0.2) is 84.5 Å². The van der Waals surface area contributed by atoms with Crippen molar-refractivity contribution in [1.29, 1.82) is 0 Å². The van der Waals surface area contributed by atoms with Gasteiger partial charge in [0.05, 0.1) is 11.8 Å². The van der Waals surface area contributed by atoms with Crippen LogP contribution < -0.4 is 15.4 Å². The van der Waals surface area contributed by atoms with Gasteiger partial charge in [0.15, 0.2) is 0 Å². The molecule has 1 aliphatic heterocycles. The van der Waals surface area contributed by atoms with Gasteiger partial charge in [0, 0.05) is 17.5 Å². The zero-order valence-electron chi connectivity index (χ0n) is 31.9. The van der Waals surface area contributed by atoms with Crippen molar-refractivity contribution in [2.45, 2.75) is 121 Å². The molecule has 4 fully saturated rings. The first-order valence-corrected chi connectivity index (χ1v) is 21.0. The van der Waals surface area contributed by atoms with Crippen LogP contribution in [0.3, 0.4) is 0 Å². The van der Waals surface area contributed by atoms with Crippen LogP contribution in [0.2, 0.25) is 0 Å². The monoisotopic (exact) mass is 773 g/mol. The maximum absolute atomic E-state index is 14.6. The molecular weight excluding hydrogens is 723 g/mol. The molecule has 4 amide bonds. The van der Waals surface area contributed by atoms with E-state index in [2.05, 4.69) is 20.5 Å². The molecule has 3 N–H and O–H groups in total. The number of hydrogen-bond donors (Lipinski definition) is 3. The lowest BCUT2D eigenvalue weighted by Crippen LogP contribution is -2.60. The molecule has 4 aliphatic carbocycles. The van der Waals surface area contributed by atoms with Gasteiger partial charge in [-0.05, 0) is 80.8 Å². The van der Waals surface area contributed by atoms with Crippen LogP contribution in [0.25, 0.3) is 11.1 Å². The van der Waals surface area contributed by atoms with Crippen LogP contribution in [0.1, 0.15) is 96.6 Å². The average molecular weight is 774 g/mol. The van der Waals surface area contributed by atoms with Crippen LogP contribution in [0, 0.1) is 11.3 Å². The van der Waals surface area contributed by atoms with Gasteiger partial charge in [0.25, 0.3) is 5.91 Å². The molecule has 5 aliphatic rings. The topological polar surface area (TPSA) is 173 Å². The van der Waals surface area contributed by atoms with E-state index in [4.69, 9.17) is 9.57 Å². The van der Waals surface area contributed by atoms with Gasteiger partial charge in [0.1, 0.15) is 35.5 Å². The molecule has 0 radical (unpaired) electrons. The number of ether oxygens (including phenoxy) is 1. The van der Waals surface area contributed by atoms with E-state index < -0.39 is 68.2 Å². The first-order valence-electron chi connectivity index (χ1n) is 19.4. The standard InChI is InChI=1S/C41H51N5O8S/c1-5-6-13-25-23-41(25,38(49)45-55(51,52)28-20-21-28)43-36(47)33-22-27(54-44-34-31-18-11-9-16-29(31)30-17-10-12-19-32(30)34)24-46(33)37(48)35(40(2,3)4)42-39(50)53-26-14-7-8-15-26/h5-6,9-12,16-19,25-28,33,35H,7-8,13-15,20-24H2,1-4H3,(H,42,50)(H,43,47)(H,45,49)/b6-5-/t25-,27-,33+,35-,41-/m1/s1. The Bertz CT molecular complexity index is 1970. The van der Waals surface area contributed by atoms with Crippen LogP contribution in [0.5, 0.6) is 0 Å². The Hall–Kier alpha value is -4.72. The number of benzene rings is 2. The van der Waals surface area contributed by atoms with E-state index in [1.807, 2.05) is 88.4 Å². The van der Waals surface area contributed by atoms with Gasteiger partial charge < -0.3 is 25.1 Å². The second-order valence-corrected chi connectivity index (χ2v) is 18.6. The van der Waals surface area contributed by atoms with E-state index in [-0.39, 0.29) is 31.4 Å². The van der Waals surface area contributed by atoms with Crippen LogP contribution in [0.4, 0.5) is 4.79 Å². The quantitative estimate of drug-likeness (QED) is 0.172. The SMILES string of the molecule is C/C=C\C[C@@H]1C[C@]1(NC(=O)[C@@H]1C[C@@H](ON=C2c3ccccc3-c3ccccc32)CN1C(=O)[C@@H](NC(=O)OC1CCCC1)C(C)(C)C)C(=O)NS(=O)(=O)C1CC1. The van der Waals surface area contributed by atoms with E-state index in [9.17, 15) is 27.6 Å². The van der Waals surface area contributed by atoms with Crippen molar-refractivity contribution in [2.24, 2.45) is 16.5 Å². The third-order valence-electron chi connectivity index (χ3n) is 11.5. The summed E-state index contributed by atoms with van der Waals surface area (Å²) in [7, 11) is -3.89.